The Bertz CT molecular complexity index is 253. The maximum Gasteiger partial charge on any atom is 0.168 e. The predicted molar refractivity (Wildman–Crippen MR) is 73.0 cm³/mol. The highest BCUT2D eigenvalue weighted by atomic mass is 28.2. The molecular formula is C14H26O3Si. The third-order valence-corrected chi connectivity index (χ3v) is 5.27. The topological polar surface area (TPSA) is 31.0 Å². The molecule has 1 aliphatic heterocycles. The molecule has 1 saturated carbocycles. The van der Waals surface area contributed by atoms with Crippen LogP contribution in [0.25, 0.3) is 0 Å². The summed E-state index contributed by atoms with van der Waals surface area (Å²) in [7, 11) is 0.925. The predicted octanol–water partition coefficient (Wildman–Crippen LogP) is 2.88. The van der Waals surface area contributed by atoms with Crippen LogP contribution in [0.2, 0.25) is 12.1 Å². The number of hydrogen-bond acceptors (Lipinski definition) is 3. The Kier molecular flexibility index (Phi) is 5.24. The van der Waals surface area contributed by atoms with Gasteiger partial charge in [0, 0.05) is 28.7 Å². The van der Waals surface area contributed by atoms with Gasteiger partial charge in [0.15, 0.2) is 5.79 Å². The number of epoxide rings is 1. The van der Waals surface area contributed by atoms with E-state index < -0.39 is 0 Å². The van der Waals surface area contributed by atoms with E-state index in [-0.39, 0.29) is 5.79 Å². The molecule has 1 aliphatic carbocycles. The van der Waals surface area contributed by atoms with Crippen molar-refractivity contribution in [2.75, 3.05) is 13.2 Å². The van der Waals surface area contributed by atoms with E-state index in [1.54, 1.807) is 0 Å². The van der Waals surface area contributed by atoms with E-state index in [1.807, 2.05) is 0 Å². The molecule has 18 heavy (non-hydrogen) atoms. The van der Waals surface area contributed by atoms with Crippen LogP contribution in [-0.2, 0) is 14.2 Å². The molecule has 1 heterocycles. The van der Waals surface area contributed by atoms with Crippen LogP contribution in [0.3, 0.4) is 0 Å². The van der Waals surface area contributed by atoms with Gasteiger partial charge in [0.05, 0.1) is 12.2 Å². The molecule has 0 amide bonds. The Morgan fingerprint density at radius 1 is 1.11 bits per heavy atom. The molecule has 2 rings (SSSR count). The molecule has 0 N–H and O–H groups in total. The molecule has 4 heteroatoms. The zero-order valence-corrected chi connectivity index (χ0v) is 12.9. The highest BCUT2D eigenvalue weighted by Gasteiger charge is 2.51. The third kappa shape index (κ3) is 3.16. The van der Waals surface area contributed by atoms with Crippen LogP contribution >= 0.6 is 0 Å². The molecule has 3 nitrogen and oxygen atoms in total. The van der Waals surface area contributed by atoms with Crippen molar-refractivity contribution in [2.45, 2.75) is 70.1 Å². The molecule has 0 bridgehead atoms. The van der Waals surface area contributed by atoms with E-state index in [2.05, 4.69) is 20.8 Å². The van der Waals surface area contributed by atoms with Crippen molar-refractivity contribution in [3.8, 4) is 0 Å². The van der Waals surface area contributed by atoms with Crippen molar-refractivity contribution in [3.63, 3.8) is 0 Å². The number of hydrogen-bond donors (Lipinski definition) is 0. The van der Waals surface area contributed by atoms with Crippen LogP contribution in [0.15, 0.2) is 0 Å². The summed E-state index contributed by atoms with van der Waals surface area (Å²) in [6.07, 6.45) is 4.55. The summed E-state index contributed by atoms with van der Waals surface area (Å²) < 4.78 is 17.9. The van der Waals surface area contributed by atoms with Gasteiger partial charge >= 0.3 is 0 Å². The van der Waals surface area contributed by atoms with Gasteiger partial charge in [0.25, 0.3) is 0 Å². The van der Waals surface area contributed by atoms with Crippen LogP contribution in [-0.4, -0.2) is 40.7 Å². The summed E-state index contributed by atoms with van der Waals surface area (Å²) in [5.41, 5.74) is 0. The summed E-state index contributed by atoms with van der Waals surface area (Å²) in [6.45, 7) is 7.85. The monoisotopic (exact) mass is 270 g/mol. The first-order chi connectivity index (χ1) is 8.75. The van der Waals surface area contributed by atoms with E-state index in [9.17, 15) is 0 Å². The van der Waals surface area contributed by atoms with E-state index in [4.69, 9.17) is 14.2 Å². The maximum atomic E-state index is 6.11. The molecule has 3 unspecified atom stereocenters. The van der Waals surface area contributed by atoms with Gasteiger partial charge in [-0.05, 0) is 39.2 Å². The summed E-state index contributed by atoms with van der Waals surface area (Å²) >= 11 is 0. The average molecular weight is 270 g/mol. The number of ether oxygens (including phenoxy) is 3. The van der Waals surface area contributed by atoms with E-state index >= 15 is 0 Å². The third-order valence-electron chi connectivity index (χ3n) is 4.02. The second-order valence-electron chi connectivity index (χ2n) is 5.18. The lowest BCUT2D eigenvalue weighted by molar-refractivity contribution is -0.255. The SMILES string of the molecule is CCOC(C[Si]CC)(OCC)C1CCC2OC2C1. The Morgan fingerprint density at radius 3 is 2.39 bits per heavy atom. The number of fused-ring (bicyclic) bond motifs is 1. The highest BCUT2D eigenvalue weighted by Crippen LogP contribution is 2.46. The first kappa shape index (κ1) is 14.5. The summed E-state index contributed by atoms with van der Waals surface area (Å²) in [4.78, 5) is 0. The van der Waals surface area contributed by atoms with Crippen molar-refractivity contribution in [2.24, 2.45) is 5.92 Å². The molecule has 0 aromatic rings. The Morgan fingerprint density at radius 2 is 1.83 bits per heavy atom. The van der Waals surface area contributed by atoms with Gasteiger partial charge in [-0.15, -0.1) is 0 Å². The van der Waals surface area contributed by atoms with Crippen LogP contribution in [0.1, 0.15) is 40.0 Å². The van der Waals surface area contributed by atoms with Gasteiger partial charge in [0.2, 0.25) is 0 Å². The van der Waals surface area contributed by atoms with Crippen molar-refractivity contribution in [3.05, 3.63) is 0 Å². The molecule has 3 atom stereocenters. The standard InChI is InChI=1S/C14H26O3Si/c1-4-15-14(16-5-2,10-18-6-3)11-7-8-12-13(9-11)17-12/h11-13H,4-10H2,1-3H3. The van der Waals surface area contributed by atoms with E-state index in [0.717, 1.165) is 35.2 Å². The minimum Gasteiger partial charge on any atom is -0.370 e. The summed E-state index contributed by atoms with van der Waals surface area (Å²) in [5.74, 6) is 0.176. The van der Waals surface area contributed by atoms with Crippen LogP contribution in [0.5, 0.6) is 0 Å². The second-order valence-corrected chi connectivity index (χ2v) is 6.74. The Hall–Kier alpha value is 0.0969. The fourth-order valence-electron chi connectivity index (χ4n) is 3.12. The minimum atomic E-state index is -0.338. The fraction of sp³-hybridized carbons (Fsp3) is 1.00. The van der Waals surface area contributed by atoms with Gasteiger partial charge in [-0.3, -0.25) is 0 Å². The molecule has 1 saturated heterocycles. The van der Waals surface area contributed by atoms with Crippen molar-refractivity contribution >= 4 is 9.52 Å². The molecule has 2 radical (unpaired) electrons. The van der Waals surface area contributed by atoms with Crippen molar-refractivity contribution < 1.29 is 14.2 Å². The molecular weight excluding hydrogens is 244 g/mol. The zero-order chi connectivity index (χ0) is 13.0. The zero-order valence-electron chi connectivity index (χ0n) is 11.9. The normalized spacial score (nSPS) is 31.2. The second kappa shape index (κ2) is 6.50. The van der Waals surface area contributed by atoms with Gasteiger partial charge in [-0.1, -0.05) is 13.0 Å². The van der Waals surface area contributed by atoms with Gasteiger partial charge in [-0.2, -0.15) is 0 Å². The van der Waals surface area contributed by atoms with Gasteiger partial charge in [-0.25, -0.2) is 0 Å². The quantitative estimate of drug-likeness (QED) is 0.386. The fourth-order valence-corrected chi connectivity index (χ4v) is 4.21. The van der Waals surface area contributed by atoms with Crippen LogP contribution in [0, 0.1) is 5.92 Å². The molecule has 104 valence electrons. The molecule has 2 aliphatic rings. The van der Waals surface area contributed by atoms with Gasteiger partial charge in [0.1, 0.15) is 0 Å². The highest BCUT2D eigenvalue weighted by molar-refractivity contribution is 6.35. The van der Waals surface area contributed by atoms with Crippen molar-refractivity contribution in [1.29, 1.82) is 0 Å². The minimum absolute atomic E-state index is 0.338. The Labute approximate surface area is 113 Å². The average Bonchev–Trinajstić information content (AvgIpc) is 3.14. The lowest BCUT2D eigenvalue weighted by Gasteiger charge is -2.41. The maximum absolute atomic E-state index is 6.11. The largest absolute Gasteiger partial charge is 0.370 e. The first-order valence-electron chi connectivity index (χ1n) is 7.39. The summed E-state index contributed by atoms with van der Waals surface area (Å²) in [6, 6.07) is 2.27. The lowest BCUT2D eigenvalue weighted by atomic mass is 9.83. The molecule has 0 spiro atoms. The lowest BCUT2D eigenvalue weighted by Crippen LogP contribution is -2.46. The van der Waals surface area contributed by atoms with E-state index in [1.165, 1.54) is 18.9 Å². The molecule has 0 aromatic carbocycles. The van der Waals surface area contributed by atoms with Gasteiger partial charge < -0.3 is 14.2 Å². The van der Waals surface area contributed by atoms with Crippen molar-refractivity contribution in [1.82, 2.24) is 0 Å². The van der Waals surface area contributed by atoms with E-state index in [0.29, 0.717) is 18.1 Å². The first-order valence-corrected chi connectivity index (χ1v) is 8.81. The molecule has 0 aromatic heterocycles. The van der Waals surface area contributed by atoms with Crippen LogP contribution < -0.4 is 0 Å². The smallest absolute Gasteiger partial charge is 0.168 e. The molecule has 2 fully saturated rings. The Balaban J connectivity index is 2.03. The summed E-state index contributed by atoms with van der Waals surface area (Å²) in [5, 5.41) is 0. The number of rotatable bonds is 8. The van der Waals surface area contributed by atoms with Crippen LogP contribution in [0.4, 0.5) is 0 Å².